The lowest BCUT2D eigenvalue weighted by Crippen LogP contribution is -2.10. The van der Waals surface area contributed by atoms with E-state index in [0.29, 0.717) is 0 Å². The van der Waals surface area contributed by atoms with Crippen LogP contribution in [0.4, 0.5) is 0 Å². The van der Waals surface area contributed by atoms with Gasteiger partial charge in [0.05, 0.1) is 0 Å². The van der Waals surface area contributed by atoms with Crippen molar-refractivity contribution in [2.75, 3.05) is 14.1 Å². The summed E-state index contributed by atoms with van der Waals surface area (Å²) in [5.74, 6) is 0. The zero-order chi connectivity index (χ0) is 6.69. The van der Waals surface area contributed by atoms with Gasteiger partial charge in [0.2, 0.25) is 0 Å². The third-order valence-corrected chi connectivity index (χ3v) is 1.15. The van der Waals surface area contributed by atoms with E-state index < -0.39 is 0 Å². The maximum atomic E-state index is 3.13. The Morgan fingerprint density at radius 3 is 2.78 bits per heavy atom. The van der Waals surface area contributed by atoms with Gasteiger partial charge in [-0.05, 0) is 26.2 Å². The van der Waals surface area contributed by atoms with Gasteiger partial charge in [-0.2, -0.15) is 0 Å². The molecule has 0 aromatic carbocycles. The van der Waals surface area contributed by atoms with Crippen LogP contribution in [-0.2, 0) is 6.54 Å². The lowest BCUT2D eigenvalue weighted by molar-refractivity contribution is 0.398. The van der Waals surface area contributed by atoms with E-state index >= 15 is 0 Å². The van der Waals surface area contributed by atoms with Gasteiger partial charge in [-0.15, -0.1) is 0 Å². The first-order valence-electron chi connectivity index (χ1n) is 3.06. The van der Waals surface area contributed by atoms with E-state index in [4.69, 9.17) is 0 Å². The fourth-order valence-corrected chi connectivity index (χ4v) is 0.807. The third kappa shape index (κ3) is 1.90. The zero-order valence-electron chi connectivity index (χ0n) is 5.89. The number of hydrogen-bond donors (Lipinski definition) is 1. The van der Waals surface area contributed by atoms with Crippen LogP contribution in [0.1, 0.15) is 5.69 Å². The summed E-state index contributed by atoms with van der Waals surface area (Å²) in [6, 6.07) is 4.10. The molecule has 2 heteroatoms. The maximum absolute atomic E-state index is 3.13. The quantitative estimate of drug-likeness (QED) is 0.625. The third-order valence-electron chi connectivity index (χ3n) is 1.15. The smallest absolute Gasteiger partial charge is 0.0378 e. The second-order valence-corrected chi connectivity index (χ2v) is 2.43. The Morgan fingerprint density at radius 1 is 1.56 bits per heavy atom. The van der Waals surface area contributed by atoms with Gasteiger partial charge < -0.3 is 9.88 Å². The summed E-state index contributed by atoms with van der Waals surface area (Å²) in [7, 11) is 4.11. The molecule has 0 radical (unpaired) electrons. The molecule has 0 aliphatic heterocycles. The van der Waals surface area contributed by atoms with Crippen molar-refractivity contribution < 1.29 is 0 Å². The number of rotatable bonds is 2. The topological polar surface area (TPSA) is 19.0 Å². The van der Waals surface area contributed by atoms with Crippen LogP contribution in [0.25, 0.3) is 0 Å². The predicted molar refractivity (Wildman–Crippen MR) is 38.2 cm³/mol. The van der Waals surface area contributed by atoms with E-state index in [9.17, 15) is 0 Å². The molecule has 0 aliphatic carbocycles. The standard InChI is InChI=1S/C7H12N2/c1-9(2)6-7-4-3-5-8-7/h3-5,8H,6H2,1-2H3. The van der Waals surface area contributed by atoms with Crippen LogP contribution >= 0.6 is 0 Å². The molecule has 50 valence electrons. The highest BCUT2D eigenvalue weighted by Crippen LogP contribution is 1.95. The fourth-order valence-electron chi connectivity index (χ4n) is 0.807. The largest absolute Gasteiger partial charge is 0.364 e. The SMILES string of the molecule is CN(C)Cc1ccc[nH]1. The minimum Gasteiger partial charge on any atom is -0.364 e. The average Bonchev–Trinajstić information content (AvgIpc) is 2.15. The molecule has 0 amide bonds. The number of aromatic amines is 1. The lowest BCUT2D eigenvalue weighted by atomic mass is 10.4. The normalized spacial score (nSPS) is 10.6. The molecular weight excluding hydrogens is 112 g/mol. The first-order valence-corrected chi connectivity index (χ1v) is 3.06. The van der Waals surface area contributed by atoms with Crippen LogP contribution < -0.4 is 0 Å². The van der Waals surface area contributed by atoms with Crippen molar-refractivity contribution in [1.82, 2.24) is 9.88 Å². The van der Waals surface area contributed by atoms with Crippen LogP contribution in [0.2, 0.25) is 0 Å². The van der Waals surface area contributed by atoms with E-state index in [-0.39, 0.29) is 0 Å². The highest BCUT2D eigenvalue weighted by atomic mass is 15.1. The van der Waals surface area contributed by atoms with Gasteiger partial charge in [0.25, 0.3) is 0 Å². The van der Waals surface area contributed by atoms with Gasteiger partial charge in [-0.25, -0.2) is 0 Å². The minimum absolute atomic E-state index is 0.993. The number of H-pyrrole nitrogens is 1. The molecule has 1 N–H and O–H groups in total. The van der Waals surface area contributed by atoms with E-state index in [1.54, 1.807) is 0 Å². The molecule has 1 aromatic heterocycles. The highest BCUT2D eigenvalue weighted by molar-refractivity contribution is 5.02. The van der Waals surface area contributed by atoms with Crippen molar-refractivity contribution in [3.8, 4) is 0 Å². The summed E-state index contributed by atoms with van der Waals surface area (Å²) in [5.41, 5.74) is 1.26. The van der Waals surface area contributed by atoms with E-state index in [1.807, 2.05) is 12.3 Å². The summed E-state index contributed by atoms with van der Waals surface area (Å²) in [5, 5.41) is 0. The number of nitrogens with one attached hydrogen (secondary N) is 1. The van der Waals surface area contributed by atoms with Crippen LogP contribution in [0, 0.1) is 0 Å². The number of hydrogen-bond acceptors (Lipinski definition) is 1. The highest BCUT2D eigenvalue weighted by Gasteiger charge is 1.91. The molecule has 0 atom stereocenters. The molecule has 0 aliphatic rings. The Kier molecular flexibility index (Phi) is 1.90. The van der Waals surface area contributed by atoms with Crippen molar-refractivity contribution in [2.45, 2.75) is 6.54 Å². The van der Waals surface area contributed by atoms with Gasteiger partial charge >= 0.3 is 0 Å². The summed E-state index contributed by atoms with van der Waals surface area (Å²) in [6.07, 6.45) is 1.94. The molecule has 9 heavy (non-hydrogen) atoms. The van der Waals surface area contributed by atoms with E-state index in [1.165, 1.54) is 5.69 Å². The summed E-state index contributed by atoms with van der Waals surface area (Å²) in [6.45, 7) is 0.993. The van der Waals surface area contributed by atoms with Crippen molar-refractivity contribution in [3.63, 3.8) is 0 Å². The van der Waals surface area contributed by atoms with Crippen LogP contribution in [0.5, 0.6) is 0 Å². The second-order valence-electron chi connectivity index (χ2n) is 2.43. The molecule has 0 unspecified atom stereocenters. The van der Waals surface area contributed by atoms with Gasteiger partial charge in [0.15, 0.2) is 0 Å². The zero-order valence-corrected chi connectivity index (χ0v) is 5.89. The molecule has 0 saturated heterocycles. The second kappa shape index (κ2) is 2.69. The maximum Gasteiger partial charge on any atom is 0.0378 e. The molecule has 1 heterocycles. The summed E-state index contributed by atoms with van der Waals surface area (Å²) < 4.78 is 0. The summed E-state index contributed by atoms with van der Waals surface area (Å²) in [4.78, 5) is 5.26. The monoisotopic (exact) mass is 124 g/mol. The molecule has 0 fully saturated rings. The van der Waals surface area contributed by atoms with Crippen molar-refractivity contribution >= 4 is 0 Å². The molecule has 0 bridgehead atoms. The molecule has 0 saturated carbocycles. The van der Waals surface area contributed by atoms with Crippen LogP contribution in [-0.4, -0.2) is 24.0 Å². The van der Waals surface area contributed by atoms with Gasteiger partial charge in [0.1, 0.15) is 0 Å². The lowest BCUT2D eigenvalue weighted by Gasteiger charge is -2.05. The summed E-state index contributed by atoms with van der Waals surface area (Å²) >= 11 is 0. The molecule has 2 nitrogen and oxygen atoms in total. The van der Waals surface area contributed by atoms with Gasteiger partial charge in [0, 0.05) is 18.4 Å². The van der Waals surface area contributed by atoms with Crippen molar-refractivity contribution in [2.24, 2.45) is 0 Å². The number of nitrogens with zero attached hydrogens (tertiary/aromatic N) is 1. The average molecular weight is 124 g/mol. The first kappa shape index (κ1) is 6.36. The molecule has 0 spiro atoms. The Balaban J connectivity index is 2.48. The van der Waals surface area contributed by atoms with Crippen molar-refractivity contribution in [1.29, 1.82) is 0 Å². The Morgan fingerprint density at radius 2 is 2.33 bits per heavy atom. The van der Waals surface area contributed by atoms with Gasteiger partial charge in [-0.3, -0.25) is 0 Å². The van der Waals surface area contributed by atoms with Crippen molar-refractivity contribution in [3.05, 3.63) is 24.0 Å². The Labute approximate surface area is 55.5 Å². The number of aromatic nitrogens is 1. The van der Waals surface area contributed by atoms with Gasteiger partial charge in [-0.1, -0.05) is 0 Å². The fraction of sp³-hybridized carbons (Fsp3) is 0.429. The van der Waals surface area contributed by atoms with E-state index in [2.05, 4.69) is 30.0 Å². The van der Waals surface area contributed by atoms with Crippen LogP contribution in [0.15, 0.2) is 18.3 Å². The first-order chi connectivity index (χ1) is 4.29. The Hall–Kier alpha value is -0.760. The molecule has 1 rings (SSSR count). The van der Waals surface area contributed by atoms with E-state index in [0.717, 1.165) is 6.54 Å². The minimum atomic E-state index is 0.993. The van der Waals surface area contributed by atoms with Crippen LogP contribution in [0.3, 0.4) is 0 Å². The molecular formula is C7H12N2. The molecule has 1 aromatic rings. The Bertz CT molecular complexity index is 153. The predicted octanol–water partition coefficient (Wildman–Crippen LogP) is 1.08.